The zero-order valence-corrected chi connectivity index (χ0v) is 14.3. The summed E-state index contributed by atoms with van der Waals surface area (Å²) in [5.41, 5.74) is 19.8. The summed E-state index contributed by atoms with van der Waals surface area (Å²) in [7, 11) is 1.33. The predicted molar refractivity (Wildman–Crippen MR) is 97.1 cm³/mol. The molecule has 0 bridgehead atoms. The Morgan fingerprint density at radius 1 is 1.35 bits per heavy atom. The van der Waals surface area contributed by atoms with Crippen LogP contribution >= 0.6 is 0 Å². The topological polar surface area (TPSA) is 129 Å². The van der Waals surface area contributed by atoms with Gasteiger partial charge in [-0.1, -0.05) is 18.2 Å². The van der Waals surface area contributed by atoms with Crippen molar-refractivity contribution in [3.63, 3.8) is 0 Å². The molecule has 0 atom stereocenters. The third kappa shape index (κ3) is 3.39. The first-order valence-electron chi connectivity index (χ1n) is 8.07. The van der Waals surface area contributed by atoms with Crippen molar-refractivity contribution in [3.05, 3.63) is 47.5 Å². The molecule has 0 unspecified atom stereocenters. The SMILES string of the molecule is COc1ncc(-c2cccc(/C(N)=C(\N)C(=O)NC3CC3)c2N)cc1F. The van der Waals surface area contributed by atoms with Gasteiger partial charge in [-0.25, -0.2) is 9.37 Å². The third-order valence-corrected chi connectivity index (χ3v) is 4.16. The summed E-state index contributed by atoms with van der Waals surface area (Å²) in [5, 5.41) is 2.77. The monoisotopic (exact) mass is 357 g/mol. The second kappa shape index (κ2) is 6.91. The summed E-state index contributed by atoms with van der Waals surface area (Å²) in [4.78, 5) is 16.0. The Kier molecular flexibility index (Phi) is 4.66. The van der Waals surface area contributed by atoms with Gasteiger partial charge in [-0.3, -0.25) is 4.79 Å². The molecule has 136 valence electrons. The molecule has 0 spiro atoms. The number of halogens is 1. The number of nitrogens with zero attached hydrogens (tertiary/aromatic N) is 1. The van der Waals surface area contributed by atoms with Gasteiger partial charge < -0.3 is 27.3 Å². The Balaban J connectivity index is 1.98. The average Bonchev–Trinajstić information content (AvgIpc) is 3.44. The maximum absolute atomic E-state index is 14.0. The van der Waals surface area contributed by atoms with Crippen molar-refractivity contribution in [1.82, 2.24) is 10.3 Å². The molecule has 3 rings (SSSR count). The van der Waals surface area contributed by atoms with Gasteiger partial charge in [-0.15, -0.1) is 0 Å². The Bertz CT molecular complexity index is 893. The van der Waals surface area contributed by atoms with Gasteiger partial charge in [0.2, 0.25) is 5.88 Å². The van der Waals surface area contributed by atoms with Crippen LogP contribution in [0.3, 0.4) is 0 Å². The number of hydrogen-bond donors (Lipinski definition) is 4. The molecule has 0 saturated heterocycles. The molecule has 0 radical (unpaired) electrons. The fourth-order valence-corrected chi connectivity index (χ4v) is 2.53. The number of ether oxygens (including phenoxy) is 1. The standard InChI is InChI=1S/C18H20FN5O2/c1-26-18-13(19)7-9(8-23-18)11-3-2-4-12(14(11)20)15(21)16(22)17(25)24-10-5-6-10/h2-4,7-8,10H,5-6,20-22H2,1H3,(H,24,25)/b16-15+. The summed E-state index contributed by atoms with van der Waals surface area (Å²) < 4.78 is 18.8. The van der Waals surface area contributed by atoms with Gasteiger partial charge in [0.25, 0.3) is 5.91 Å². The van der Waals surface area contributed by atoms with E-state index in [4.69, 9.17) is 21.9 Å². The molecule has 1 aliphatic rings. The highest BCUT2D eigenvalue weighted by Crippen LogP contribution is 2.32. The molecule has 26 heavy (non-hydrogen) atoms. The first-order chi connectivity index (χ1) is 12.4. The second-order valence-electron chi connectivity index (χ2n) is 6.06. The lowest BCUT2D eigenvalue weighted by atomic mass is 9.99. The molecule has 0 aliphatic heterocycles. The summed E-state index contributed by atoms with van der Waals surface area (Å²) in [6, 6.07) is 6.48. The Labute approximate surface area is 150 Å². The van der Waals surface area contributed by atoms with E-state index in [0.717, 1.165) is 12.8 Å². The number of aromatic nitrogens is 1. The molecule has 7 nitrogen and oxygen atoms in total. The van der Waals surface area contributed by atoms with Gasteiger partial charge in [0.15, 0.2) is 5.82 Å². The van der Waals surface area contributed by atoms with E-state index < -0.39 is 11.7 Å². The molecule has 1 aliphatic carbocycles. The van der Waals surface area contributed by atoms with Crippen molar-refractivity contribution in [2.45, 2.75) is 18.9 Å². The molecule has 1 saturated carbocycles. The van der Waals surface area contributed by atoms with E-state index >= 15 is 0 Å². The Hall–Kier alpha value is -3.29. The number of nitrogen functional groups attached to an aromatic ring is 1. The molecule has 2 aromatic rings. The van der Waals surface area contributed by atoms with E-state index in [1.165, 1.54) is 19.4 Å². The highest BCUT2D eigenvalue weighted by Gasteiger charge is 2.25. The van der Waals surface area contributed by atoms with Crippen molar-refractivity contribution in [3.8, 4) is 17.0 Å². The minimum Gasteiger partial charge on any atom is -0.479 e. The fraction of sp³-hybridized carbons (Fsp3) is 0.222. The van der Waals surface area contributed by atoms with Crippen molar-refractivity contribution < 1.29 is 13.9 Å². The number of pyridine rings is 1. The Morgan fingerprint density at radius 2 is 2.08 bits per heavy atom. The number of para-hydroxylation sites is 1. The minimum atomic E-state index is -0.610. The number of benzene rings is 1. The summed E-state index contributed by atoms with van der Waals surface area (Å²) in [5.74, 6) is -1.14. The Morgan fingerprint density at radius 3 is 2.69 bits per heavy atom. The van der Waals surface area contributed by atoms with Crippen LogP contribution in [0, 0.1) is 5.82 Å². The number of amides is 1. The van der Waals surface area contributed by atoms with Gasteiger partial charge in [0.05, 0.1) is 12.8 Å². The van der Waals surface area contributed by atoms with Gasteiger partial charge in [-0.05, 0) is 18.9 Å². The summed E-state index contributed by atoms with van der Waals surface area (Å²) >= 11 is 0. The third-order valence-electron chi connectivity index (χ3n) is 4.16. The van der Waals surface area contributed by atoms with Crippen LogP contribution in [0.25, 0.3) is 16.8 Å². The van der Waals surface area contributed by atoms with E-state index in [2.05, 4.69) is 10.3 Å². The number of rotatable bonds is 5. The smallest absolute Gasteiger partial charge is 0.269 e. The minimum absolute atomic E-state index is 0.0736. The van der Waals surface area contributed by atoms with Gasteiger partial charge in [0.1, 0.15) is 5.70 Å². The van der Waals surface area contributed by atoms with E-state index in [-0.39, 0.29) is 29.0 Å². The van der Waals surface area contributed by atoms with Crippen molar-refractivity contribution >= 4 is 17.3 Å². The van der Waals surface area contributed by atoms with Crippen LogP contribution in [0.5, 0.6) is 5.88 Å². The lowest BCUT2D eigenvalue weighted by Gasteiger charge is -2.14. The molecule has 1 aromatic carbocycles. The number of hydrogen-bond acceptors (Lipinski definition) is 6. The van der Waals surface area contributed by atoms with Crippen LogP contribution in [0.1, 0.15) is 18.4 Å². The van der Waals surface area contributed by atoms with Crippen molar-refractivity contribution in [2.75, 3.05) is 12.8 Å². The van der Waals surface area contributed by atoms with Crippen LogP contribution in [0.15, 0.2) is 36.2 Å². The fourth-order valence-electron chi connectivity index (χ4n) is 2.53. The molecule has 1 fully saturated rings. The summed E-state index contributed by atoms with van der Waals surface area (Å²) in [6.45, 7) is 0. The van der Waals surface area contributed by atoms with Crippen LogP contribution in [-0.2, 0) is 4.79 Å². The highest BCUT2D eigenvalue weighted by molar-refractivity contribution is 6.01. The van der Waals surface area contributed by atoms with E-state index in [1.54, 1.807) is 18.2 Å². The maximum atomic E-state index is 14.0. The van der Waals surface area contributed by atoms with E-state index in [0.29, 0.717) is 16.7 Å². The second-order valence-corrected chi connectivity index (χ2v) is 6.06. The number of carbonyl (C=O) groups excluding carboxylic acids is 1. The largest absolute Gasteiger partial charge is 0.479 e. The summed E-state index contributed by atoms with van der Waals surface area (Å²) in [6.07, 6.45) is 3.32. The number of methoxy groups -OCH3 is 1. The average molecular weight is 357 g/mol. The van der Waals surface area contributed by atoms with Gasteiger partial charge in [0, 0.05) is 34.6 Å². The predicted octanol–water partition coefficient (Wildman–Crippen LogP) is 1.34. The molecule has 1 amide bonds. The molecular weight excluding hydrogens is 337 g/mol. The lowest BCUT2D eigenvalue weighted by molar-refractivity contribution is -0.117. The zero-order chi connectivity index (χ0) is 18.8. The van der Waals surface area contributed by atoms with E-state index in [9.17, 15) is 9.18 Å². The number of nitrogens with one attached hydrogen (secondary N) is 1. The highest BCUT2D eigenvalue weighted by atomic mass is 19.1. The van der Waals surface area contributed by atoms with Crippen LogP contribution in [0.2, 0.25) is 0 Å². The van der Waals surface area contributed by atoms with Gasteiger partial charge in [-0.2, -0.15) is 0 Å². The molecule has 1 heterocycles. The molecular formula is C18H20FN5O2. The first-order valence-corrected chi connectivity index (χ1v) is 8.07. The normalized spacial score (nSPS) is 14.5. The van der Waals surface area contributed by atoms with Gasteiger partial charge >= 0.3 is 0 Å². The number of carbonyl (C=O) groups is 1. The lowest BCUT2D eigenvalue weighted by Crippen LogP contribution is -2.32. The van der Waals surface area contributed by atoms with Crippen molar-refractivity contribution in [1.29, 1.82) is 0 Å². The van der Waals surface area contributed by atoms with Crippen molar-refractivity contribution in [2.24, 2.45) is 11.5 Å². The molecule has 7 N–H and O–H groups in total. The van der Waals surface area contributed by atoms with E-state index in [1.807, 2.05) is 0 Å². The number of anilines is 1. The quantitative estimate of drug-likeness (QED) is 0.472. The number of nitrogens with two attached hydrogens (primary N) is 3. The van der Waals surface area contributed by atoms with Crippen LogP contribution in [-0.4, -0.2) is 24.0 Å². The maximum Gasteiger partial charge on any atom is 0.269 e. The zero-order valence-electron chi connectivity index (χ0n) is 14.3. The molecule has 8 heteroatoms. The first kappa shape index (κ1) is 17.5. The van der Waals surface area contributed by atoms with Crippen LogP contribution < -0.4 is 27.3 Å². The molecule has 1 aromatic heterocycles. The van der Waals surface area contributed by atoms with Crippen LogP contribution in [0.4, 0.5) is 10.1 Å².